The van der Waals surface area contributed by atoms with Crippen molar-refractivity contribution in [3.63, 3.8) is 0 Å². The van der Waals surface area contributed by atoms with Crippen LogP contribution in [0.15, 0.2) is 0 Å². The third-order valence-corrected chi connectivity index (χ3v) is 14.9. The second-order valence-corrected chi connectivity index (χ2v) is 20.2. The summed E-state index contributed by atoms with van der Waals surface area (Å²) in [6.07, 6.45) is 25.8. The van der Waals surface area contributed by atoms with Crippen LogP contribution in [0.1, 0.15) is 323 Å². The minimum atomic E-state index is -2.70. The molecule has 0 amide bonds. The van der Waals surface area contributed by atoms with Gasteiger partial charge in [0, 0.05) is 0 Å². The van der Waals surface area contributed by atoms with Crippen molar-refractivity contribution in [2.45, 2.75) is 358 Å². The summed E-state index contributed by atoms with van der Waals surface area (Å²) in [5, 5.41) is -0.181. The van der Waals surface area contributed by atoms with E-state index in [2.05, 4.69) is 96.9 Å². The van der Waals surface area contributed by atoms with Crippen LogP contribution in [0.5, 0.6) is 0 Å². The standard InChI is InChI=1S/C9H18.C7H14.C6H12O2S.2C6H12O.C6H14.C5H12.7C2H6/c1-7-5-6-8(2)9(7,3)4;1-6-3-4-7(2)5-6;1-5-3-4-6(2)9(5,7)8;1-5-3-4-6(2)7-5;1-3-5-6(4-2)7-5;1-3-5-6-4-2;1-3-5-4-2;7*1-2/h7-8H,5-6H2,1-4H3;6-7H,3-5H2,1-2H3;5-6H,3-4H2,1-2H3;2*5-6H,3-4H2,1-2H3;3-6H2,1-2H3;3-5H2,1-2H3;7*1-2H3. The summed E-state index contributed by atoms with van der Waals surface area (Å²) in [7, 11) is -2.70. The molecule has 3 saturated heterocycles. The highest BCUT2D eigenvalue weighted by Crippen LogP contribution is 2.46. The first-order valence-electron chi connectivity index (χ1n) is 28.9. The maximum atomic E-state index is 11.1. The fraction of sp³-hybridized carbons (Fsp3) is 1.00. The van der Waals surface area contributed by atoms with Crippen molar-refractivity contribution in [1.82, 2.24) is 0 Å². The first-order chi connectivity index (χ1) is 30.4. The molecule has 2 aliphatic carbocycles. The molecule has 5 heteroatoms. The minimum absolute atomic E-state index is 0.0903. The molecule has 5 rings (SSSR count). The van der Waals surface area contributed by atoms with Crippen LogP contribution in [0.4, 0.5) is 0 Å². The quantitative estimate of drug-likeness (QED) is 0.188. The molecule has 4 nitrogen and oxygen atoms in total. The Morgan fingerprint density at radius 3 is 0.781 bits per heavy atom. The van der Waals surface area contributed by atoms with Crippen LogP contribution in [0.3, 0.4) is 0 Å². The van der Waals surface area contributed by atoms with Gasteiger partial charge in [-0.3, -0.25) is 0 Å². The third-order valence-electron chi connectivity index (χ3n) is 12.2. The molecule has 3 heterocycles. The van der Waals surface area contributed by atoms with E-state index in [1.807, 2.05) is 96.9 Å². The van der Waals surface area contributed by atoms with Crippen LogP contribution in [0.25, 0.3) is 0 Å². The molecule has 5 fully saturated rings. The molecule has 0 aromatic carbocycles. The zero-order chi connectivity index (χ0) is 52.9. The van der Waals surface area contributed by atoms with Gasteiger partial charge < -0.3 is 9.47 Å². The maximum Gasteiger partial charge on any atom is 0.155 e. The molecular weight excluding hydrogens is 805 g/mol. The molecule has 0 bridgehead atoms. The van der Waals surface area contributed by atoms with E-state index in [0.29, 0.717) is 29.8 Å². The molecule has 402 valence electrons. The van der Waals surface area contributed by atoms with E-state index in [1.165, 1.54) is 103 Å². The Morgan fingerprint density at radius 1 is 0.406 bits per heavy atom. The predicted octanol–water partition coefficient (Wildman–Crippen LogP) is 21.6. The first kappa shape index (κ1) is 83.9. The lowest BCUT2D eigenvalue weighted by molar-refractivity contribution is 0.0673. The molecular formula is C59H136O4S. The summed E-state index contributed by atoms with van der Waals surface area (Å²) in [6, 6.07) is 0. The summed E-state index contributed by atoms with van der Waals surface area (Å²) in [6.45, 7) is 63.3. The highest BCUT2D eigenvalue weighted by molar-refractivity contribution is 7.92. The zero-order valence-corrected chi connectivity index (χ0v) is 51.9. The molecule has 3 aliphatic heterocycles. The Morgan fingerprint density at radius 2 is 0.688 bits per heavy atom. The second kappa shape index (κ2) is 62.9. The van der Waals surface area contributed by atoms with Crippen molar-refractivity contribution in [3.05, 3.63) is 0 Å². The first-order valence-corrected chi connectivity index (χ1v) is 30.5. The normalized spacial score (nSPS) is 27.2. The topological polar surface area (TPSA) is 55.9 Å². The maximum absolute atomic E-state index is 11.1. The van der Waals surface area contributed by atoms with Crippen LogP contribution < -0.4 is 0 Å². The van der Waals surface area contributed by atoms with Crippen LogP contribution in [0, 0.1) is 29.1 Å². The largest absolute Gasteiger partial charge is 0.376 e. The van der Waals surface area contributed by atoms with Gasteiger partial charge in [0.05, 0.1) is 34.9 Å². The predicted molar refractivity (Wildman–Crippen MR) is 304 cm³/mol. The number of epoxide rings is 1. The molecule has 0 aromatic heterocycles. The van der Waals surface area contributed by atoms with Gasteiger partial charge in [-0.1, -0.05) is 238 Å². The average Bonchev–Trinajstić information content (AvgIpc) is 3.63. The van der Waals surface area contributed by atoms with Gasteiger partial charge >= 0.3 is 0 Å². The van der Waals surface area contributed by atoms with Crippen molar-refractivity contribution in [2.24, 2.45) is 29.1 Å². The van der Waals surface area contributed by atoms with E-state index >= 15 is 0 Å². The molecule has 10 unspecified atom stereocenters. The summed E-state index contributed by atoms with van der Waals surface area (Å²) >= 11 is 0. The van der Waals surface area contributed by atoms with E-state index in [0.717, 1.165) is 36.5 Å². The highest BCUT2D eigenvalue weighted by atomic mass is 32.2. The smallest absolute Gasteiger partial charge is 0.155 e. The zero-order valence-electron chi connectivity index (χ0n) is 51.0. The van der Waals surface area contributed by atoms with Crippen molar-refractivity contribution < 1.29 is 17.9 Å². The molecule has 64 heavy (non-hydrogen) atoms. The van der Waals surface area contributed by atoms with E-state index in [1.54, 1.807) is 13.8 Å². The Hall–Kier alpha value is -0.130. The molecule has 0 spiro atoms. The van der Waals surface area contributed by atoms with Crippen molar-refractivity contribution in [3.8, 4) is 0 Å². The van der Waals surface area contributed by atoms with Crippen molar-refractivity contribution in [1.29, 1.82) is 0 Å². The van der Waals surface area contributed by atoms with Gasteiger partial charge in [0.1, 0.15) is 0 Å². The number of unbranched alkanes of at least 4 members (excludes halogenated alkanes) is 5. The molecule has 0 N–H and O–H groups in total. The Balaban J connectivity index is -0.0000000756. The minimum Gasteiger partial charge on any atom is -0.376 e. The summed E-state index contributed by atoms with van der Waals surface area (Å²) in [4.78, 5) is 0. The lowest BCUT2D eigenvalue weighted by atomic mass is 9.77. The Bertz CT molecular complexity index is 796. The summed E-state index contributed by atoms with van der Waals surface area (Å²) in [5.74, 6) is 3.92. The van der Waals surface area contributed by atoms with Crippen molar-refractivity contribution in [2.75, 3.05) is 0 Å². The van der Waals surface area contributed by atoms with Crippen LogP contribution >= 0.6 is 0 Å². The van der Waals surface area contributed by atoms with Gasteiger partial charge in [-0.2, -0.15) is 0 Å². The van der Waals surface area contributed by atoms with Gasteiger partial charge in [-0.05, 0) is 115 Å². The molecule has 5 aliphatic rings. The van der Waals surface area contributed by atoms with Crippen LogP contribution in [-0.2, 0) is 19.3 Å². The number of hydrogen-bond acceptors (Lipinski definition) is 4. The van der Waals surface area contributed by atoms with E-state index in [-0.39, 0.29) is 10.5 Å². The van der Waals surface area contributed by atoms with Crippen molar-refractivity contribution >= 4 is 9.84 Å². The molecule has 0 radical (unpaired) electrons. The van der Waals surface area contributed by atoms with Crippen LogP contribution in [-0.4, -0.2) is 43.3 Å². The monoisotopic (exact) mass is 941 g/mol. The number of rotatable bonds is 7. The number of hydrogen-bond donors (Lipinski definition) is 0. The highest BCUT2D eigenvalue weighted by Gasteiger charge is 2.37. The van der Waals surface area contributed by atoms with E-state index in [9.17, 15) is 8.42 Å². The number of sulfone groups is 1. The van der Waals surface area contributed by atoms with E-state index in [4.69, 9.17) is 9.47 Å². The SMILES string of the molecule is CC.CC.CC.CC.CC.CC.CC.CC1CCC(C)C1.CC1CCC(C)C1(C)C.CC1CCC(C)O1.CC1CCC(C)S1(=O)=O.CCC1OC1CC.CCCCC.CCCCCC. The molecule has 2 saturated carbocycles. The Kier molecular flexibility index (Phi) is 82.4. The number of ether oxygens (including phenoxy) is 2. The van der Waals surface area contributed by atoms with Gasteiger partial charge in [-0.15, -0.1) is 0 Å². The third kappa shape index (κ3) is 51.3. The lowest BCUT2D eigenvalue weighted by Gasteiger charge is -2.28. The van der Waals surface area contributed by atoms with Crippen LogP contribution in [0.2, 0.25) is 0 Å². The van der Waals surface area contributed by atoms with Gasteiger partial charge in [0.15, 0.2) is 9.84 Å². The molecule has 0 aromatic rings. The fourth-order valence-corrected chi connectivity index (χ4v) is 8.89. The fourth-order valence-electron chi connectivity index (χ4n) is 7.17. The van der Waals surface area contributed by atoms with Gasteiger partial charge in [0.25, 0.3) is 0 Å². The van der Waals surface area contributed by atoms with Gasteiger partial charge in [-0.25, -0.2) is 8.42 Å². The molecule has 10 atom stereocenters. The second-order valence-electron chi connectivity index (χ2n) is 17.4. The van der Waals surface area contributed by atoms with Gasteiger partial charge in [0.2, 0.25) is 0 Å². The summed E-state index contributed by atoms with van der Waals surface area (Å²) in [5.41, 5.74) is 0.611. The Labute approximate surface area is 413 Å². The summed E-state index contributed by atoms with van der Waals surface area (Å²) < 4.78 is 32.8. The lowest BCUT2D eigenvalue weighted by Crippen LogP contribution is -2.20. The van der Waals surface area contributed by atoms with E-state index < -0.39 is 9.84 Å². The average molecular weight is 942 g/mol.